The highest BCUT2D eigenvalue weighted by Crippen LogP contribution is 2.19. The molecule has 106 valence electrons. The Kier molecular flexibility index (Phi) is 4.27. The third-order valence-corrected chi connectivity index (χ3v) is 3.63. The zero-order valence-electron chi connectivity index (χ0n) is 12.0. The van der Waals surface area contributed by atoms with Gasteiger partial charge in [0, 0.05) is 25.2 Å². The van der Waals surface area contributed by atoms with Crippen molar-refractivity contribution < 1.29 is 13.9 Å². The van der Waals surface area contributed by atoms with Crippen LogP contribution in [0.2, 0.25) is 0 Å². The van der Waals surface area contributed by atoms with Crippen molar-refractivity contribution in [2.45, 2.75) is 39.4 Å². The van der Waals surface area contributed by atoms with Gasteiger partial charge in [-0.3, -0.25) is 4.90 Å². The molecule has 5 nitrogen and oxygen atoms in total. The normalized spacial score (nSPS) is 24.4. The molecule has 0 saturated carbocycles. The van der Waals surface area contributed by atoms with Crippen LogP contribution in [-0.2, 0) is 11.3 Å². The van der Waals surface area contributed by atoms with Gasteiger partial charge in [0.2, 0.25) is 0 Å². The summed E-state index contributed by atoms with van der Waals surface area (Å²) in [5, 5.41) is 3.45. The van der Waals surface area contributed by atoms with E-state index in [-0.39, 0.29) is 5.97 Å². The minimum absolute atomic E-state index is 0.339. The number of nitrogens with one attached hydrogen (secondary N) is 1. The van der Waals surface area contributed by atoms with Crippen LogP contribution in [0.15, 0.2) is 10.5 Å². The van der Waals surface area contributed by atoms with Crippen molar-refractivity contribution in [3.05, 3.63) is 23.2 Å². The fourth-order valence-electron chi connectivity index (χ4n) is 2.45. The number of hydrogen-bond donors (Lipinski definition) is 1. The minimum Gasteiger partial charge on any atom is -0.465 e. The highest BCUT2D eigenvalue weighted by atomic mass is 16.5. The van der Waals surface area contributed by atoms with E-state index in [1.165, 1.54) is 7.11 Å². The summed E-state index contributed by atoms with van der Waals surface area (Å²) in [6, 6.07) is 2.73. The summed E-state index contributed by atoms with van der Waals surface area (Å²) in [5.41, 5.74) is 0.522. The Morgan fingerprint density at radius 1 is 1.58 bits per heavy atom. The summed E-state index contributed by atoms with van der Waals surface area (Å²) < 4.78 is 10.4. The lowest BCUT2D eigenvalue weighted by molar-refractivity contribution is 0.0599. The largest absolute Gasteiger partial charge is 0.465 e. The Morgan fingerprint density at radius 2 is 2.32 bits per heavy atom. The molecule has 1 aromatic heterocycles. The van der Waals surface area contributed by atoms with E-state index in [0.717, 1.165) is 25.4 Å². The molecule has 1 saturated heterocycles. The first-order chi connectivity index (χ1) is 9.01. The van der Waals surface area contributed by atoms with Crippen LogP contribution in [0.1, 0.15) is 35.7 Å². The monoisotopic (exact) mass is 266 g/mol. The van der Waals surface area contributed by atoms with Gasteiger partial charge in [0.05, 0.1) is 13.7 Å². The number of carbonyl (C=O) groups is 1. The summed E-state index contributed by atoms with van der Waals surface area (Å²) >= 11 is 0. The average Bonchev–Trinajstić information content (AvgIpc) is 2.74. The molecule has 1 N–H and O–H groups in total. The number of ether oxygens (including phenoxy) is 1. The predicted molar refractivity (Wildman–Crippen MR) is 72.1 cm³/mol. The smallest absolute Gasteiger partial charge is 0.341 e. The summed E-state index contributed by atoms with van der Waals surface area (Å²) in [4.78, 5) is 13.9. The number of aryl methyl sites for hydroxylation is 1. The molecular formula is C14H22N2O3. The third-order valence-electron chi connectivity index (χ3n) is 3.63. The number of piperazine rings is 1. The molecule has 1 aliphatic rings. The molecule has 2 rings (SSSR count). The van der Waals surface area contributed by atoms with Crippen molar-refractivity contribution in [1.29, 1.82) is 0 Å². The molecule has 2 atom stereocenters. The van der Waals surface area contributed by atoms with Crippen LogP contribution >= 0.6 is 0 Å². The second-order valence-electron chi connectivity index (χ2n) is 5.26. The SMILES string of the molecule is COC(=O)c1cc(CN2CC(C)NCC2C)oc1C. The lowest BCUT2D eigenvalue weighted by atomic mass is 10.1. The zero-order chi connectivity index (χ0) is 14.0. The molecule has 2 unspecified atom stereocenters. The van der Waals surface area contributed by atoms with E-state index in [9.17, 15) is 4.79 Å². The first-order valence-corrected chi connectivity index (χ1v) is 6.66. The highest BCUT2D eigenvalue weighted by Gasteiger charge is 2.24. The van der Waals surface area contributed by atoms with E-state index in [0.29, 0.717) is 23.4 Å². The number of carbonyl (C=O) groups excluding carboxylic acids is 1. The second-order valence-corrected chi connectivity index (χ2v) is 5.26. The number of rotatable bonds is 3. The van der Waals surface area contributed by atoms with Crippen molar-refractivity contribution in [1.82, 2.24) is 10.2 Å². The first kappa shape index (κ1) is 14.1. The average molecular weight is 266 g/mol. The quantitative estimate of drug-likeness (QED) is 0.841. The van der Waals surface area contributed by atoms with Gasteiger partial charge >= 0.3 is 5.97 Å². The van der Waals surface area contributed by atoms with Gasteiger partial charge in [-0.15, -0.1) is 0 Å². The standard InChI is InChI=1S/C14H22N2O3/c1-9-7-16(10(2)6-15-9)8-12-5-13(11(3)19-12)14(17)18-4/h5,9-10,15H,6-8H2,1-4H3. The Bertz CT molecular complexity index is 456. The van der Waals surface area contributed by atoms with Crippen molar-refractivity contribution in [3.63, 3.8) is 0 Å². The second kappa shape index (κ2) is 5.75. The minimum atomic E-state index is -0.339. The molecule has 0 spiro atoms. The number of nitrogens with zero attached hydrogens (tertiary/aromatic N) is 1. The van der Waals surface area contributed by atoms with Gasteiger partial charge in [-0.1, -0.05) is 0 Å². The molecule has 5 heteroatoms. The van der Waals surface area contributed by atoms with E-state index < -0.39 is 0 Å². The molecule has 1 aliphatic heterocycles. The van der Waals surface area contributed by atoms with Gasteiger partial charge in [-0.05, 0) is 26.8 Å². The Balaban J connectivity index is 2.08. The van der Waals surface area contributed by atoms with Crippen LogP contribution in [0.25, 0.3) is 0 Å². The van der Waals surface area contributed by atoms with E-state index in [2.05, 4.69) is 24.1 Å². The molecule has 0 radical (unpaired) electrons. The van der Waals surface area contributed by atoms with Crippen LogP contribution < -0.4 is 5.32 Å². The van der Waals surface area contributed by atoms with Gasteiger partial charge in [-0.2, -0.15) is 0 Å². The summed E-state index contributed by atoms with van der Waals surface area (Å²) in [7, 11) is 1.38. The molecule has 0 bridgehead atoms. The Morgan fingerprint density at radius 3 is 3.00 bits per heavy atom. The molecule has 1 fully saturated rings. The maximum Gasteiger partial charge on any atom is 0.341 e. The molecule has 0 aliphatic carbocycles. The zero-order valence-corrected chi connectivity index (χ0v) is 12.0. The van der Waals surface area contributed by atoms with Crippen LogP contribution in [0.3, 0.4) is 0 Å². The maximum atomic E-state index is 11.6. The van der Waals surface area contributed by atoms with Gasteiger partial charge < -0.3 is 14.5 Å². The van der Waals surface area contributed by atoms with Gasteiger partial charge in [0.15, 0.2) is 0 Å². The van der Waals surface area contributed by atoms with Crippen molar-refractivity contribution in [3.8, 4) is 0 Å². The van der Waals surface area contributed by atoms with Gasteiger partial charge in [0.25, 0.3) is 0 Å². The van der Waals surface area contributed by atoms with Crippen LogP contribution in [0.5, 0.6) is 0 Å². The summed E-state index contributed by atoms with van der Waals surface area (Å²) in [6.07, 6.45) is 0. The lowest BCUT2D eigenvalue weighted by Crippen LogP contribution is -2.53. The molecule has 0 amide bonds. The number of methoxy groups -OCH3 is 1. The maximum absolute atomic E-state index is 11.6. The fraction of sp³-hybridized carbons (Fsp3) is 0.643. The number of hydrogen-bond acceptors (Lipinski definition) is 5. The van der Waals surface area contributed by atoms with Crippen LogP contribution in [0.4, 0.5) is 0 Å². The lowest BCUT2D eigenvalue weighted by Gasteiger charge is -2.36. The van der Waals surface area contributed by atoms with Gasteiger partial charge in [-0.25, -0.2) is 4.79 Å². The molecule has 1 aromatic rings. The predicted octanol–water partition coefficient (Wildman–Crippen LogP) is 1.56. The van der Waals surface area contributed by atoms with Crippen LogP contribution in [0, 0.1) is 6.92 Å². The highest BCUT2D eigenvalue weighted by molar-refractivity contribution is 5.90. The number of esters is 1. The molecule has 2 heterocycles. The van der Waals surface area contributed by atoms with Crippen molar-refractivity contribution >= 4 is 5.97 Å². The molecule has 0 aromatic carbocycles. The van der Waals surface area contributed by atoms with E-state index in [1.54, 1.807) is 13.0 Å². The van der Waals surface area contributed by atoms with E-state index in [4.69, 9.17) is 9.15 Å². The van der Waals surface area contributed by atoms with E-state index in [1.807, 2.05) is 0 Å². The molecule has 19 heavy (non-hydrogen) atoms. The fourth-order valence-corrected chi connectivity index (χ4v) is 2.45. The topological polar surface area (TPSA) is 54.7 Å². The summed E-state index contributed by atoms with van der Waals surface area (Å²) in [5.74, 6) is 1.10. The molecular weight excluding hydrogens is 244 g/mol. The van der Waals surface area contributed by atoms with Gasteiger partial charge in [0.1, 0.15) is 17.1 Å². The Labute approximate surface area is 113 Å². The third kappa shape index (κ3) is 3.16. The summed E-state index contributed by atoms with van der Waals surface area (Å²) in [6.45, 7) is 8.84. The van der Waals surface area contributed by atoms with Crippen molar-refractivity contribution in [2.24, 2.45) is 0 Å². The number of furan rings is 1. The Hall–Kier alpha value is -1.33. The van der Waals surface area contributed by atoms with Crippen molar-refractivity contribution in [2.75, 3.05) is 20.2 Å². The first-order valence-electron chi connectivity index (χ1n) is 6.66. The van der Waals surface area contributed by atoms with Crippen LogP contribution in [-0.4, -0.2) is 43.2 Å². The van der Waals surface area contributed by atoms with E-state index >= 15 is 0 Å².